The maximum Gasteiger partial charge on any atom is 0.251 e. The number of amides is 1. The van der Waals surface area contributed by atoms with Gasteiger partial charge in [0.15, 0.2) is 17.3 Å². The standard InChI is InChI=1S/C27H34N4O5/c1-5-34-23-14-19(15-24(35-6-2)26(23)36-7-3)27(32)28-20-12-13-31(17-20)25-16-22(29-30-25)18-8-10-21(33-4)11-9-18/h8-11,14-16,20H,5-7,12-13,17H2,1-4H3,(H,28,32)(H,29,30)/t20-/m0/s1. The fourth-order valence-corrected chi connectivity index (χ4v) is 4.27. The number of nitrogens with zero attached hydrogens (tertiary/aromatic N) is 2. The molecule has 1 aromatic heterocycles. The summed E-state index contributed by atoms with van der Waals surface area (Å²) in [5, 5.41) is 10.8. The monoisotopic (exact) mass is 494 g/mol. The van der Waals surface area contributed by atoms with Crippen LogP contribution < -0.4 is 29.2 Å². The molecule has 2 N–H and O–H groups in total. The highest BCUT2D eigenvalue weighted by Gasteiger charge is 2.27. The molecular formula is C27H34N4O5. The predicted molar refractivity (Wildman–Crippen MR) is 139 cm³/mol. The summed E-state index contributed by atoms with van der Waals surface area (Å²) in [6.45, 7) is 8.54. The van der Waals surface area contributed by atoms with Crippen LogP contribution in [0.5, 0.6) is 23.0 Å². The molecule has 3 aromatic rings. The zero-order valence-corrected chi connectivity index (χ0v) is 21.3. The van der Waals surface area contributed by atoms with Crippen LogP contribution in [0.3, 0.4) is 0 Å². The van der Waals surface area contributed by atoms with Crippen molar-refractivity contribution in [3.8, 4) is 34.3 Å². The highest BCUT2D eigenvalue weighted by molar-refractivity contribution is 5.96. The Hall–Kier alpha value is -3.88. The van der Waals surface area contributed by atoms with E-state index in [-0.39, 0.29) is 11.9 Å². The van der Waals surface area contributed by atoms with Crippen molar-refractivity contribution in [3.05, 3.63) is 48.0 Å². The summed E-state index contributed by atoms with van der Waals surface area (Å²) in [6, 6.07) is 13.3. The molecule has 4 rings (SSSR count). The van der Waals surface area contributed by atoms with Gasteiger partial charge in [0.25, 0.3) is 5.91 Å². The summed E-state index contributed by atoms with van der Waals surface area (Å²) in [7, 11) is 1.65. The van der Waals surface area contributed by atoms with Gasteiger partial charge in [0.1, 0.15) is 5.75 Å². The highest BCUT2D eigenvalue weighted by Crippen LogP contribution is 2.39. The third-order valence-corrected chi connectivity index (χ3v) is 5.98. The predicted octanol–water partition coefficient (Wildman–Crippen LogP) is 4.29. The Kier molecular flexibility index (Phi) is 8.20. The van der Waals surface area contributed by atoms with Crippen LogP contribution in [-0.2, 0) is 0 Å². The number of aromatic nitrogens is 2. The van der Waals surface area contributed by atoms with Gasteiger partial charge in [-0.15, -0.1) is 0 Å². The topological polar surface area (TPSA) is 97.9 Å². The lowest BCUT2D eigenvalue weighted by atomic mass is 10.1. The van der Waals surface area contributed by atoms with Crippen LogP contribution in [0.2, 0.25) is 0 Å². The second-order valence-corrected chi connectivity index (χ2v) is 8.37. The van der Waals surface area contributed by atoms with Crippen LogP contribution in [0.25, 0.3) is 11.3 Å². The van der Waals surface area contributed by atoms with E-state index in [1.54, 1.807) is 19.2 Å². The van der Waals surface area contributed by atoms with Crippen LogP contribution in [0.15, 0.2) is 42.5 Å². The van der Waals surface area contributed by atoms with E-state index >= 15 is 0 Å². The maximum absolute atomic E-state index is 13.2. The number of H-pyrrole nitrogens is 1. The zero-order chi connectivity index (χ0) is 25.5. The van der Waals surface area contributed by atoms with Gasteiger partial charge >= 0.3 is 0 Å². The van der Waals surface area contributed by atoms with Crippen molar-refractivity contribution >= 4 is 11.7 Å². The molecule has 1 atom stereocenters. The van der Waals surface area contributed by atoms with E-state index in [1.165, 1.54) is 0 Å². The van der Waals surface area contributed by atoms with Crippen molar-refractivity contribution in [3.63, 3.8) is 0 Å². The number of aromatic amines is 1. The van der Waals surface area contributed by atoms with Gasteiger partial charge in [0.2, 0.25) is 5.75 Å². The summed E-state index contributed by atoms with van der Waals surface area (Å²) < 4.78 is 22.5. The number of rotatable bonds is 11. The summed E-state index contributed by atoms with van der Waals surface area (Å²) in [4.78, 5) is 15.3. The van der Waals surface area contributed by atoms with Crippen molar-refractivity contribution in [2.24, 2.45) is 0 Å². The molecule has 1 amide bonds. The zero-order valence-electron chi connectivity index (χ0n) is 21.3. The second-order valence-electron chi connectivity index (χ2n) is 8.37. The second kappa shape index (κ2) is 11.7. The minimum Gasteiger partial charge on any atom is -0.497 e. The van der Waals surface area contributed by atoms with E-state index in [0.717, 1.165) is 35.8 Å². The molecule has 0 spiro atoms. The van der Waals surface area contributed by atoms with Crippen LogP contribution in [0, 0.1) is 0 Å². The molecule has 2 heterocycles. The molecule has 0 aliphatic carbocycles. The van der Waals surface area contributed by atoms with Gasteiger partial charge in [-0.05, 0) is 69.2 Å². The molecule has 9 nitrogen and oxygen atoms in total. The number of anilines is 1. The largest absolute Gasteiger partial charge is 0.497 e. The van der Waals surface area contributed by atoms with Crippen molar-refractivity contribution in [1.29, 1.82) is 0 Å². The Morgan fingerprint density at radius 3 is 2.31 bits per heavy atom. The Balaban J connectivity index is 1.43. The van der Waals surface area contributed by atoms with Gasteiger partial charge in [-0.1, -0.05) is 0 Å². The molecule has 192 valence electrons. The molecule has 9 heteroatoms. The van der Waals surface area contributed by atoms with Crippen LogP contribution in [0.4, 0.5) is 5.82 Å². The number of nitrogens with one attached hydrogen (secondary N) is 2. The molecular weight excluding hydrogens is 460 g/mol. The molecule has 0 unspecified atom stereocenters. The number of benzene rings is 2. The number of hydrogen-bond donors (Lipinski definition) is 2. The average Bonchev–Trinajstić information content (AvgIpc) is 3.56. The SMILES string of the molecule is CCOc1cc(C(=O)N[C@H]2CCN(c3cc(-c4ccc(OC)cc4)[nH]n3)C2)cc(OCC)c1OCC. The summed E-state index contributed by atoms with van der Waals surface area (Å²) >= 11 is 0. The Bertz CT molecular complexity index is 1130. The van der Waals surface area contributed by atoms with Crippen molar-refractivity contribution < 1.29 is 23.7 Å². The summed E-state index contributed by atoms with van der Waals surface area (Å²) in [6.07, 6.45) is 0.824. The molecule has 1 aliphatic rings. The van der Waals surface area contributed by atoms with Gasteiger partial charge in [-0.25, -0.2) is 0 Å². The molecule has 2 aromatic carbocycles. The number of carbonyl (C=O) groups is 1. The quantitative estimate of drug-likeness (QED) is 0.410. The maximum atomic E-state index is 13.2. The van der Waals surface area contributed by atoms with Gasteiger partial charge < -0.3 is 29.2 Å². The first-order valence-corrected chi connectivity index (χ1v) is 12.4. The first kappa shape index (κ1) is 25.2. The first-order valence-electron chi connectivity index (χ1n) is 12.4. The minimum absolute atomic E-state index is 0.00343. The van der Waals surface area contributed by atoms with Gasteiger partial charge in [-0.2, -0.15) is 5.10 Å². The smallest absolute Gasteiger partial charge is 0.251 e. The van der Waals surface area contributed by atoms with Crippen molar-refractivity contribution in [2.75, 3.05) is 44.9 Å². The third kappa shape index (κ3) is 5.67. The lowest BCUT2D eigenvalue weighted by Crippen LogP contribution is -2.37. The van der Waals surface area contributed by atoms with Gasteiger partial charge in [0.05, 0.1) is 32.6 Å². The lowest BCUT2D eigenvalue weighted by Gasteiger charge is -2.18. The van der Waals surface area contributed by atoms with Crippen LogP contribution in [0.1, 0.15) is 37.6 Å². The van der Waals surface area contributed by atoms with Crippen LogP contribution >= 0.6 is 0 Å². The number of carbonyl (C=O) groups excluding carboxylic acids is 1. The Morgan fingerprint density at radius 2 is 1.69 bits per heavy atom. The fraction of sp³-hybridized carbons (Fsp3) is 0.407. The lowest BCUT2D eigenvalue weighted by molar-refractivity contribution is 0.0939. The Labute approximate surface area is 211 Å². The van der Waals surface area contributed by atoms with E-state index in [0.29, 0.717) is 49.2 Å². The molecule has 1 saturated heterocycles. The minimum atomic E-state index is -0.173. The van der Waals surface area contributed by atoms with E-state index in [9.17, 15) is 4.79 Å². The third-order valence-electron chi connectivity index (χ3n) is 5.98. The molecule has 0 bridgehead atoms. The highest BCUT2D eigenvalue weighted by atomic mass is 16.5. The van der Waals surface area contributed by atoms with E-state index in [1.807, 2.05) is 51.1 Å². The van der Waals surface area contributed by atoms with Crippen molar-refractivity contribution in [2.45, 2.75) is 33.2 Å². The van der Waals surface area contributed by atoms with Crippen molar-refractivity contribution in [1.82, 2.24) is 15.5 Å². The molecule has 1 fully saturated rings. The molecule has 0 saturated carbocycles. The number of ether oxygens (including phenoxy) is 4. The Morgan fingerprint density at radius 1 is 1.03 bits per heavy atom. The van der Waals surface area contributed by atoms with E-state index in [2.05, 4.69) is 20.4 Å². The van der Waals surface area contributed by atoms with E-state index in [4.69, 9.17) is 18.9 Å². The van der Waals surface area contributed by atoms with E-state index < -0.39 is 0 Å². The summed E-state index contributed by atoms with van der Waals surface area (Å²) in [5.74, 6) is 3.03. The number of hydrogen-bond acceptors (Lipinski definition) is 7. The average molecular weight is 495 g/mol. The summed E-state index contributed by atoms with van der Waals surface area (Å²) in [5.41, 5.74) is 2.44. The van der Waals surface area contributed by atoms with Gasteiger partial charge in [0, 0.05) is 30.8 Å². The number of methoxy groups -OCH3 is 1. The van der Waals surface area contributed by atoms with Crippen LogP contribution in [-0.4, -0.2) is 62.2 Å². The first-order chi connectivity index (χ1) is 17.6. The molecule has 1 aliphatic heterocycles. The normalized spacial score (nSPS) is 15.0. The fourth-order valence-electron chi connectivity index (χ4n) is 4.27. The molecule has 36 heavy (non-hydrogen) atoms. The molecule has 0 radical (unpaired) electrons. The van der Waals surface area contributed by atoms with Gasteiger partial charge in [-0.3, -0.25) is 9.89 Å².